The molecule has 0 saturated carbocycles. The van der Waals surface area contributed by atoms with E-state index in [1.807, 2.05) is 5.38 Å². The molecule has 1 amide bonds. The van der Waals surface area contributed by atoms with Gasteiger partial charge in [0.25, 0.3) is 5.91 Å². The normalized spacial score (nSPS) is 20.2. The fraction of sp³-hybridized carbons (Fsp3) is 0.355. The van der Waals surface area contributed by atoms with Crippen LogP contribution < -0.4 is 5.32 Å². The Morgan fingerprint density at radius 1 is 1.00 bits per heavy atom. The van der Waals surface area contributed by atoms with Crippen LogP contribution in [0.2, 0.25) is 0 Å². The van der Waals surface area contributed by atoms with Crippen molar-refractivity contribution in [3.05, 3.63) is 99.5 Å². The molecule has 2 aliphatic rings. The van der Waals surface area contributed by atoms with Crippen LogP contribution in [0.4, 0.5) is 0 Å². The summed E-state index contributed by atoms with van der Waals surface area (Å²) in [7, 11) is 0. The summed E-state index contributed by atoms with van der Waals surface area (Å²) in [6, 6.07) is 23.9. The average molecular weight is 496 g/mol. The second-order valence-corrected chi connectivity index (χ2v) is 11.3. The van der Waals surface area contributed by atoms with Gasteiger partial charge in [-0.15, -0.1) is 11.3 Å². The Balaban J connectivity index is 1.03. The maximum Gasteiger partial charge on any atom is 0.270 e. The summed E-state index contributed by atoms with van der Waals surface area (Å²) in [4.78, 5) is 20.2. The molecule has 36 heavy (non-hydrogen) atoms. The van der Waals surface area contributed by atoms with E-state index in [0.29, 0.717) is 24.1 Å². The molecule has 0 spiro atoms. The van der Waals surface area contributed by atoms with Gasteiger partial charge in [0.15, 0.2) is 0 Å². The van der Waals surface area contributed by atoms with Gasteiger partial charge in [0, 0.05) is 30.9 Å². The van der Waals surface area contributed by atoms with Crippen molar-refractivity contribution >= 4 is 28.0 Å². The summed E-state index contributed by atoms with van der Waals surface area (Å²) in [5, 5.41) is 8.89. The fourth-order valence-corrected chi connectivity index (χ4v) is 6.89. The molecule has 1 unspecified atom stereocenters. The number of fused-ring (bicyclic) bond motifs is 2. The summed E-state index contributed by atoms with van der Waals surface area (Å²) >= 11 is 1.64. The van der Waals surface area contributed by atoms with Crippen molar-refractivity contribution in [3.8, 4) is 0 Å². The minimum absolute atomic E-state index is 0.0279. The number of benzene rings is 3. The topological polar surface area (TPSA) is 45.2 Å². The number of carbonyl (C=O) groups excluding carboxylic acids is 1. The van der Waals surface area contributed by atoms with Gasteiger partial charge in [0.2, 0.25) is 0 Å². The number of nitrogens with one attached hydrogen (secondary N) is 1. The molecule has 2 heterocycles. The lowest BCUT2D eigenvalue weighted by Gasteiger charge is -2.33. The summed E-state index contributed by atoms with van der Waals surface area (Å²) in [6.45, 7) is 3.82. The van der Waals surface area contributed by atoms with Crippen LogP contribution in [-0.2, 0) is 19.4 Å². The Labute approximate surface area is 217 Å². The molecule has 1 aliphatic heterocycles. The molecule has 5 heteroatoms. The van der Waals surface area contributed by atoms with Crippen molar-refractivity contribution < 1.29 is 4.79 Å². The molecule has 2 atom stereocenters. The lowest BCUT2D eigenvalue weighted by molar-refractivity contribution is 0.0926. The van der Waals surface area contributed by atoms with Gasteiger partial charge in [-0.3, -0.25) is 9.69 Å². The van der Waals surface area contributed by atoms with E-state index in [4.69, 9.17) is 4.98 Å². The van der Waals surface area contributed by atoms with Gasteiger partial charge in [-0.25, -0.2) is 4.98 Å². The lowest BCUT2D eigenvalue weighted by Crippen LogP contribution is -2.40. The van der Waals surface area contributed by atoms with Gasteiger partial charge in [0.1, 0.15) is 5.69 Å². The smallest absolute Gasteiger partial charge is 0.270 e. The van der Waals surface area contributed by atoms with Gasteiger partial charge in [-0.05, 0) is 72.0 Å². The molecule has 1 N–H and O–H groups in total. The molecule has 0 bridgehead atoms. The number of piperidine rings is 1. The van der Waals surface area contributed by atoms with Crippen LogP contribution in [0.3, 0.4) is 0 Å². The van der Waals surface area contributed by atoms with E-state index in [1.165, 1.54) is 33.9 Å². The van der Waals surface area contributed by atoms with Crippen molar-refractivity contribution in [2.75, 3.05) is 19.6 Å². The molecule has 1 aromatic heterocycles. The third-order valence-corrected chi connectivity index (χ3v) is 8.89. The standard InChI is InChI=1S/C31H33N3OS/c35-30(29-21-36-31(33-29)26-15-14-23-8-1-2-10-25(23)17-26)32-18-22-7-6-16-34(19-22)20-27-12-5-11-24-9-3-4-13-28(24)27/h1-5,8-13,21-22,26H,6-7,14-20H2,(H,32,35)/t22-,26?/m0/s1. The predicted octanol–water partition coefficient (Wildman–Crippen LogP) is 6.21. The van der Waals surface area contributed by atoms with E-state index in [9.17, 15) is 4.79 Å². The highest BCUT2D eigenvalue weighted by molar-refractivity contribution is 7.09. The Hall–Kier alpha value is -3.02. The number of rotatable bonds is 6. The monoisotopic (exact) mass is 495 g/mol. The number of aromatic nitrogens is 1. The summed E-state index contributed by atoms with van der Waals surface area (Å²) < 4.78 is 0. The highest BCUT2D eigenvalue weighted by Crippen LogP contribution is 2.34. The zero-order chi connectivity index (χ0) is 24.3. The van der Waals surface area contributed by atoms with Crippen molar-refractivity contribution in [1.29, 1.82) is 0 Å². The first kappa shape index (κ1) is 23.4. The highest BCUT2D eigenvalue weighted by Gasteiger charge is 2.25. The molecular weight excluding hydrogens is 462 g/mol. The number of hydrogen-bond donors (Lipinski definition) is 1. The molecule has 1 aliphatic carbocycles. The maximum absolute atomic E-state index is 12.9. The first-order valence-corrected chi connectivity index (χ1v) is 14.1. The van der Waals surface area contributed by atoms with E-state index in [0.717, 1.165) is 50.3 Å². The Morgan fingerprint density at radius 2 is 1.83 bits per heavy atom. The third kappa shape index (κ3) is 5.09. The summed E-state index contributed by atoms with van der Waals surface area (Å²) in [5.74, 6) is 0.873. The second-order valence-electron chi connectivity index (χ2n) is 10.4. The summed E-state index contributed by atoms with van der Waals surface area (Å²) in [5.41, 5.74) is 4.86. The van der Waals surface area contributed by atoms with E-state index in [-0.39, 0.29) is 5.91 Å². The van der Waals surface area contributed by atoms with Crippen LogP contribution in [0.1, 0.15) is 57.4 Å². The van der Waals surface area contributed by atoms with Crippen LogP contribution in [0.15, 0.2) is 72.1 Å². The number of aryl methyl sites for hydroxylation is 1. The summed E-state index contributed by atoms with van der Waals surface area (Å²) in [6.07, 6.45) is 5.57. The predicted molar refractivity (Wildman–Crippen MR) is 148 cm³/mol. The fourth-order valence-electron chi connectivity index (χ4n) is 5.95. The van der Waals surface area contributed by atoms with Crippen LogP contribution in [0.5, 0.6) is 0 Å². The zero-order valence-corrected chi connectivity index (χ0v) is 21.5. The van der Waals surface area contributed by atoms with Gasteiger partial charge < -0.3 is 5.32 Å². The van der Waals surface area contributed by atoms with E-state index in [2.05, 4.69) is 76.9 Å². The Morgan fingerprint density at radius 3 is 2.78 bits per heavy atom. The Bertz CT molecular complexity index is 1360. The van der Waals surface area contributed by atoms with Crippen molar-refractivity contribution in [2.24, 2.45) is 5.92 Å². The number of carbonyl (C=O) groups is 1. The van der Waals surface area contributed by atoms with E-state index in [1.54, 1.807) is 11.3 Å². The third-order valence-electron chi connectivity index (χ3n) is 7.88. The van der Waals surface area contributed by atoms with Crippen molar-refractivity contribution in [2.45, 2.75) is 44.6 Å². The molecule has 6 rings (SSSR count). The molecule has 4 aromatic rings. The van der Waals surface area contributed by atoms with E-state index < -0.39 is 0 Å². The average Bonchev–Trinajstić information content (AvgIpc) is 3.43. The largest absolute Gasteiger partial charge is 0.350 e. The molecule has 0 radical (unpaired) electrons. The van der Waals surface area contributed by atoms with Gasteiger partial charge in [-0.1, -0.05) is 66.7 Å². The van der Waals surface area contributed by atoms with Crippen LogP contribution >= 0.6 is 11.3 Å². The molecule has 1 saturated heterocycles. The van der Waals surface area contributed by atoms with E-state index >= 15 is 0 Å². The SMILES string of the molecule is O=C(NC[C@@H]1CCCN(Cc2cccc3ccccc23)C1)c1csc(C2CCc3ccccc3C2)n1. The lowest BCUT2D eigenvalue weighted by atomic mass is 9.84. The molecule has 184 valence electrons. The molecular formula is C31H33N3OS. The quantitative estimate of drug-likeness (QED) is 0.346. The van der Waals surface area contributed by atoms with Crippen LogP contribution in [0, 0.1) is 5.92 Å². The number of amides is 1. The van der Waals surface area contributed by atoms with Crippen LogP contribution in [-0.4, -0.2) is 35.4 Å². The van der Waals surface area contributed by atoms with Gasteiger partial charge in [-0.2, -0.15) is 0 Å². The first-order valence-electron chi connectivity index (χ1n) is 13.2. The van der Waals surface area contributed by atoms with Gasteiger partial charge in [0.05, 0.1) is 5.01 Å². The number of nitrogens with zero attached hydrogens (tertiary/aromatic N) is 2. The number of likely N-dealkylation sites (tertiary alicyclic amines) is 1. The van der Waals surface area contributed by atoms with Crippen molar-refractivity contribution in [1.82, 2.24) is 15.2 Å². The van der Waals surface area contributed by atoms with Crippen molar-refractivity contribution in [3.63, 3.8) is 0 Å². The highest BCUT2D eigenvalue weighted by atomic mass is 32.1. The van der Waals surface area contributed by atoms with Crippen LogP contribution in [0.25, 0.3) is 10.8 Å². The number of thiazole rings is 1. The van der Waals surface area contributed by atoms with Gasteiger partial charge >= 0.3 is 0 Å². The minimum Gasteiger partial charge on any atom is -0.350 e. The first-order chi connectivity index (χ1) is 17.7. The molecule has 3 aromatic carbocycles. The second kappa shape index (κ2) is 10.5. The molecule has 4 nitrogen and oxygen atoms in total. The Kier molecular flexibility index (Phi) is 6.84. The number of hydrogen-bond acceptors (Lipinski definition) is 4. The zero-order valence-electron chi connectivity index (χ0n) is 20.7. The minimum atomic E-state index is -0.0279. The maximum atomic E-state index is 12.9. The molecule has 1 fully saturated rings.